The third-order valence-corrected chi connectivity index (χ3v) is 3.12. The van der Waals surface area contributed by atoms with Crippen molar-refractivity contribution < 1.29 is 4.79 Å². The van der Waals surface area contributed by atoms with Crippen LogP contribution in [0.4, 0.5) is 0 Å². The molecule has 0 aromatic carbocycles. The van der Waals surface area contributed by atoms with Gasteiger partial charge in [0.2, 0.25) is 5.91 Å². The van der Waals surface area contributed by atoms with Gasteiger partial charge >= 0.3 is 0 Å². The van der Waals surface area contributed by atoms with Crippen molar-refractivity contribution in [2.24, 2.45) is 5.73 Å². The topological polar surface area (TPSA) is 46.3 Å². The summed E-state index contributed by atoms with van der Waals surface area (Å²) in [5.74, 6) is 0.156. The van der Waals surface area contributed by atoms with E-state index in [-0.39, 0.29) is 11.9 Å². The van der Waals surface area contributed by atoms with E-state index in [0.717, 1.165) is 25.9 Å². The second-order valence-electron chi connectivity index (χ2n) is 4.49. The van der Waals surface area contributed by atoms with Crippen LogP contribution in [0.5, 0.6) is 0 Å². The second-order valence-corrected chi connectivity index (χ2v) is 4.49. The van der Waals surface area contributed by atoms with E-state index in [1.165, 1.54) is 32.1 Å². The molecule has 1 amide bonds. The minimum atomic E-state index is -0.218. The first-order chi connectivity index (χ1) is 7.25. The molecule has 1 atom stereocenters. The minimum Gasteiger partial charge on any atom is -0.341 e. The number of unbranched alkanes of at least 4 members (excludes halogenated alkanes) is 5. The monoisotopic (exact) mass is 212 g/mol. The zero-order chi connectivity index (χ0) is 11.1. The Morgan fingerprint density at radius 1 is 1.27 bits per heavy atom. The van der Waals surface area contributed by atoms with Gasteiger partial charge < -0.3 is 10.6 Å². The molecule has 3 nitrogen and oxygen atoms in total. The van der Waals surface area contributed by atoms with Crippen LogP contribution < -0.4 is 5.73 Å². The molecule has 0 aliphatic carbocycles. The van der Waals surface area contributed by atoms with E-state index in [0.29, 0.717) is 0 Å². The maximum atomic E-state index is 11.5. The highest BCUT2D eigenvalue weighted by Gasteiger charge is 2.27. The van der Waals surface area contributed by atoms with Crippen molar-refractivity contribution in [1.29, 1.82) is 0 Å². The number of rotatable bonds is 7. The van der Waals surface area contributed by atoms with Gasteiger partial charge in [-0.2, -0.15) is 0 Å². The summed E-state index contributed by atoms with van der Waals surface area (Å²) in [6.07, 6.45) is 8.51. The van der Waals surface area contributed by atoms with Gasteiger partial charge in [0.25, 0.3) is 0 Å². The molecule has 0 radical (unpaired) electrons. The lowest BCUT2D eigenvalue weighted by atomic mass is 10.1. The lowest BCUT2D eigenvalue weighted by Crippen LogP contribution is -2.34. The number of hydrogen-bond acceptors (Lipinski definition) is 2. The quantitative estimate of drug-likeness (QED) is 0.655. The molecule has 88 valence electrons. The van der Waals surface area contributed by atoms with Crippen molar-refractivity contribution in [2.45, 2.75) is 57.9 Å². The molecule has 1 heterocycles. The highest BCUT2D eigenvalue weighted by atomic mass is 16.2. The summed E-state index contributed by atoms with van der Waals surface area (Å²) in [6.45, 7) is 4.01. The number of nitrogens with zero attached hydrogens (tertiary/aromatic N) is 1. The summed E-state index contributed by atoms with van der Waals surface area (Å²) >= 11 is 0. The molecule has 2 N–H and O–H groups in total. The molecule has 1 rings (SSSR count). The van der Waals surface area contributed by atoms with Crippen LogP contribution in [0.25, 0.3) is 0 Å². The van der Waals surface area contributed by atoms with Crippen LogP contribution in [0.2, 0.25) is 0 Å². The van der Waals surface area contributed by atoms with Crippen LogP contribution in [-0.4, -0.2) is 29.9 Å². The number of nitrogens with two attached hydrogens (primary N) is 1. The minimum absolute atomic E-state index is 0.156. The summed E-state index contributed by atoms with van der Waals surface area (Å²) < 4.78 is 0. The van der Waals surface area contributed by atoms with Gasteiger partial charge in [0.1, 0.15) is 0 Å². The van der Waals surface area contributed by atoms with Gasteiger partial charge in [0.05, 0.1) is 6.04 Å². The second kappa shape index (κ2) is 6.83. The Hall–Kier alpha value is -0.570. The molecule has 0 saturated carbocycles. The third-order valence-electron chi connectivity index (χ3n) is 3.12. The van der Waals surface area contributed by atoms with Crippen LogP contribution in [0.1, 0.15) is 51.9 Å². The molecule has 1 unspecified atom stereocenters. The van der Waals surface area contributed by atoms with Crippen molar-refractivity contribution in [3.8, 4) is 0 Å². The number of hydrogen-bond donors (Lipinski definition) is 1. The van der Waals surface area contributed by atoms with Crippen molar-refractivity contribution >= 4 is 5.91 Å². The molecule has 0 spiro atoms. The summed E-state index contributed by atoms with van der Waals surface area (Å²) in [4.78, 5) is 13.4. The third kappa shape index (κ3) is 4.20. The summed E-state index contributed by atoms with van der Waals surface area (Å²) in [6, 6.07) is -0.218. The Bertz CT molecular complexity index is 194. The zero-order valence-electron chi connectivity index (χ0n) is 9.87. The summed E-state index contributed by atoms with van der Waals surface area (Å²) in [5, 5.41) is 0. The first kappa shape index (κ1) is 12.5. The lowest BCUT2D eigenvalue weighted by molar-refractivity contribution is -0.128. The molecular formula is C12H24N2O. The fourth-order valence-corrected chi connectivity index (χ4v) is 2.07. The fourth-order valence-electron chi connectivity index (χ4n) is 2.07. The lowest BCUT2D eigenvalue weighted by Gasteiger charge is -2.15. The molecule has 1 aliphatic rings. The van der Waals surface area contributed by atoms with E-state index in [4.69, 9.17) is 5.73 Å². The highest BCUT2D eigenvalue weighted by molar-refractivity contribution is 5.83. The van der Waals surface area contributed by atoms with Crippen LogP contribution in [0.15, 0.2) is 0 Å². The highest BCUT2D eigenvalue weighted by Crippen LogP contribution is 2.11. The average molecular weight is 212 g/mol. The Kier molecular flexibility index (Phi) is 5.69. The molecule has 15 heavy (non-hydrogen) atoms. The van der Waals surface area contributed by atoms with Crippen LogP contribution >= 0.6 is 0 Å². The molecular weight excluding hydrogens is 188 g/mol. The average Bonchev–Trinajstić information content (AvgIpc) is 2.54. The molecule has 0 aromatic rings. The number of carbonyl (C=O) groups excluding carboxylic acids is 1. The Balaban J connectivity index is 1.98. The van der Waals surface area contributed by atoms with Gasteiger partial charge in [-0.05, 0) is 12.8 Å². The maximum Gasteiger partial charge on any atom is 0.239 e. The summed E-state index contributed by atoms with van der Waals surface area (Å²) in [7, 11) is 0. The predicted octanol–water partition coefficient (Wildman–Crippen LogP) is 1.91. The predicted molar refractivity (Wildman–Crippen MR) is 62.5 cm³/mol. The Morgan fingerprint density at radius 3 is 2.53 bits per heavy atom. The van der Waals surface area contributed by atoms with E-state index in [9.17, 15) is 4.79 Å². The van der Waals surface area contributed by atoms with Gasteiger partial charge in [0, 0.05) is 13.1 Å². The molecule has 1 aliphatic heterocycles. The van der Waals surface area contributed by atoms with E-state index >= 15 is 0 Å². The Labute approximate surface area is 93.0 Å². The summed E-state index contributed by atoms with van der Waals surface area (Å²) in [5.41, 5.74) is 5.65. The van der Waals surface area contributed by atoms with Crippen LogP contribution in [0, 0.1) is 0 Å². The van der Waals surface area contributed by atoms with Gasteiger partial charge in [0.15, 0.2) is 0 Å². The molecule has 1 saturated heterocycles. The Morgan fingerprint density at radius 2 is 1.93 bits per heavy atom. The molecule has 0 aromatic heterocycles. The number of likely N-dealkylation sites (tertiary alicyclic amines) is 1. The SMILES string of the molecule is CCCCCCCCN1CCC(N)C1=O. The van der Waals surface area contributed by atoms with Gasteiger partial charge in [-0.15, -0.1) is 0 Å². The largest absolute Gasteiger partial charge is 0.341 e. The first-order valence-corrected chi connectivity index (χ1v) is 6.30. The van der Waals surface area contributed by atoms with Crippen molar-refractivity contribution in [2.75, 3.05) is 13.1 Å². The van der Waals surface area contributed by atoms with Crippen molar-refractivity contribution in [3.63, 3.8) is 0 Å². The number of carbonyl (C=O) groups is 1. The fraction of sp³-hybridized carbons (Fsp3) is 0.917. The zero-order valence-corrected chi connectivity index (χ0v) is 9.87. The van der Waals surface area contributed by atoms with Gasteiger partial charge in [-0.3, -0.25) is 4.79 Å². The number of amides is 1. The van der Waals surface area contributed by atoms with Crippen molar-refractivity contribution in [1.82, 2.24) is 4.90 Å². The van der Waals surface area contributed by atoms with Crippen LogP contribution in [-0.2, 0) is 4.79 Å². The first-order valence-electron chi connectivity index (χ1n) is 6.30. The molecule has 0 bridgehead atoms. The van der Waals surface area contributed by atoms with E-state index in [1.54, 1.807) is 0 Å². The van der Waals surface area contributed by atoms with Gasteiger partial charge in [-0.25, -0.2) is 0 Å². The molecule has 1 fully saturated rings. The van der Waals surface area contributed by atoms with Crippen molar-refractivity contribution in [3.05, 3.63) is 0 Å². The molecule has 3 heteroatoms. The van der Waals surface area contributed by atoms with E-state index < -0.39 is 0 Å². The van der Waals surface area contributed by atoms with E-state index in [2.05, 4.69) is 6.92 Å². The maximum absolute atomic E-state index is 11.5. The normalized spacial score (nSPS) is 21.3. The van der Waals surface area contributed by atoms with Gasteiger partial charge in [-0.1, -0.05) is 39.0 Å². The smallest absolute Gasteiger partial charge is 0.239 e. The standard InChI is InChI=1S/C12H24N2O/c1-2-3-4-5-6-7-9-14-10-8-11(13)12(14)15/h11H,2-10,13H2,1H3. The van der Waals surface area contributed by atoms with Crippen LogP contribution in [0.3, 0.4) is 0 Å². The van der Waals surface area contributed by atoms with E-state index in [1.807, 2.05) is 4.90 Å².